The van der Waals surface area contributed by atoms with Crippen molar-refractivity contribution in [3.05, 3.63) is 45.1 Å². The lowest BCUT2D eigenvalue weighted by Gasteiger charge is -2.23. The minimum Gasteiger partial charge on any atom is -0.310 e. The molecule has 0 saturated carbocycles. The van der Waals surface area contributed by atoms with Crippen LogP contribution in [-0.4, -0.2) is 39.3 Å². The molecule has 0 bridgehead atoms. The minimum atomic E-state index is -0.335. The van der Waals surface area contributed by atoms with E-state index in [4.69, 9.17) is 0 Å². The first kappa shape index (κ1) is 26.3. The number of hydrogen-bond acceptors (Lipinski definition) is 6. The highest BCUT2D eigenvalue weighted by atomic mass is 16.1. The van der Waals surface area contributed by atoms with Gasteiger partial charge in [-0.15, -0.1) is 0 Å². The molecule has 10 heteroatoms. The van der Waals surface area contributed by atoms with Crippen molar-refractivity contribution in [2.75, 3.05) is 0 Å². The van der Waals surface area contributed by atoms with E-state index in [1.165, 1.54) is 4.68 Å². The first-order valence-electron chi connectivity index (χ1n) is 11.9. The monoisotopic (exact) mass is 482 g/mol. The molecule has 0 amide bonds. The molecular weight excluding hydrogens is 444 g/mol. The molecule has 0 unspecified atom stereocenters. The van der Waals surface area contributed by atoms with Gasteiger partial charge in [-0.3, -0.25) is 14.3 Å². The molecule has 0 saturated heterocycles. The van der Waals surface area contributed by atoms with Crippen molar-refractivity contribution >= 4 is 21.9 Å². The molecule has 0 atom stereocenters. The number of H-pyrrole nitrogens is 1. The predicted molar refractivity (Wildman–Crippen MR) is 139 cm³/mol. The Kier molecular flexibility index (Phi) is 6.56. The summed E-state index contributed by atoms with van der Waals surface area (Å²) >= 11 is 0. The summed E-state index contributed by atoms with van der Waals surface area (Å²) in [7, 11) is 0. The molecule has 0 spiro atoms. The maximum absolute atomic E-state index is 12.5. The zero-order chi connectivity index (χ0) is 26.5. The molecule has 4 heterocycles. The Labute approximate surface area is 205 Å². The fourth-order valence-corrected chi connectivity index (χ4v) is 3.63. The van der Waals surface area contributed by atoms with Gasteiger partial charge in [0, 0.05) is 11.3 Å². The topological polar surface area (TPSA) is 116 Å². The number of aromatic amines is 1. The van der Waals surface area contributed by atoms with E-state index in [-0.39, 0.29) is 33.7 Å². The second kappa shape index (κ2) is 8.73. The standard InChI is InChI=1S/C13H20N4O.C12H18N4O/c1-12(2,3)16-10-9(7-14-16)8-15-17(11(10)18)13(4,5)6;1-7(2)9-14-10-8(11(17)15-9)6-13-16(10)12(3,4)5/h7-8H,1-6H3;6-7H,1-5H3,(H,14,15,17). The fraction of sp³-hybridized carbons (Fsp3) is 0.600. The van der Waals surface area contributed by atoms with Gasteiger partial charge in [0.1, 0.15) is 16.7 Å². The molecule has 0 fully saturated rings. The molecule has 0 aromatic carbocycles. The number of nitrogens with zero attached hydrogens (tertiary/aromatic N) is 7. The highest BCUT2D eigenvalue weighted by Gasteiger charge is 2.24. The molecule has 35 heavy (non-hydrogen) atoms. The van der Waals surface area contributed by atoms with Crippen LogP contribution in [-0.2, 0) is 16.6 Å². The number of aromatic nitrogens is 8. The van der Waals surface area contributed by atoms with Gasteiger partial charge in [0.15, 0.2) is 5.65 Å². The van der Waals surface area contributed by atoms with E-state index in [1.54, 1.807) is 28.0 Å². The SMILES string of the molecule is CC(C)(C)n1ncc2cnn(C(C)(C)C)c2c1=O.CC(C)c1nc2c(cnn2C(C)(C)C)c(=O)[nH]1. The summed E-state index contributed by atoms with van der Waals surface area (Å²) in [6.07, 6.45) is 4.98. The Morgan fingerprint density at radius 1 is 0.743 bits per heavy atom. The third kappa shape index (κ3) is 5.21. The summed E-state index contributed by atoms with van der Waals surface area (Å²) in [5.74, 6) is 0.893. The highest BCUT2D eigenvalue weighted by molar-refractivity contribution is 5.76. The van der Waals surface area contributed by atoms with Crippen LogP contribution < -0.4 is 11.1 Å². The van der Waals surface area contributed by atoms with E-state index in [9.17, 15) is 9.59 Å². The molecule has 1 N–H and O–H groups in total. The molecule has 0 aliphatic heterocycles. The number of fused-ring (bicyclic) bond motifs is 2. The quantitative estimate of drug-likeness (QED) is 0.437. The van der Waals surface area contributed by atoms with Crippen molar-refractivity contribution in [1.29, 1.82) is 0 Å². The van der Waals surface area contributed by atoms with Gasteiger partial charge in [-0.25, -0.2) is 14.3 Å². The van der Waals surface area contributed by atoms with Crippen LogP contribution >= 0.6 is 0 Å². The Morgan fingerprint density at radius 3 is 1.71 bits per heavy atom. The van der Waals surface area contributed by atoms with Crippen LogP contribution in [0.5, 0.6) is 0 Å². The van der Waals surface area contributed by atoms with E-state index in [0.29, 0.717) is 22.4 Å². The summed E-state index contributed by atoms with van der Waals surface area (Å²) in [6, 6.07) is 0. The number of rotatable bonds is 1. The molecule has 0 aliphatic rings. The van der Waals surface area contributed by atoms with Crippen LogP contribution in [0.3, 0.4) is 0 Å². The lowest BCUT2D eigenvalue weighted by Crippen LogP contribution is -2.37. The largest absolute Gasteiger partial charge is 0.310 e. The summed E-state index contributed by atoms with van der Waals surface area (Å²) in [6.45, 7) is 22.1. The predicted octanol–water partition coefficient (Wildman–Crippen LogP) is 4.10. The molecule has 0 radical (unpaired) electrons. The molecule has 4 aromatic rings. The van der Waals surface area contributed by atoms with Crippen molar-refractivity contribution in [2.24, 2.45) is 0 Å². The summed E-state index contributed by atoms with van der Waals surface area (Å²) in [5.41, 5.74) is 0.325. The molecule has 10 nitrogen and oxygen atoms in total. The Bertz CT molecular complexity index is 1460. The Hall–Kier alpha value is -3.30. The van der Waals surface area contributed by atoms with E-state index in [2.05, 4.69) is 25.3 Å². The van der Waals surface area contributed by atoms with Crippen molar-refractivity contribution in [3.63, 3.8) is 0 Å². The van der Waals surface area contributed by atoms with Crippen molar-refractivity contribution in [3.8, 4) is 0 Å². The number of hydrogen-bond donors (Lipinski definition) is 1. The van der Waals surface area contributed by atoms with E-state index < -0.39 is 0 Å². The average molecular weight is 483 g/mol. The van der Waals surface area contributed by atoms with Crippen molar-refractivity contribution < 1.29 is 0 Å². The van der Waals surface area contributed by atoms with Gasteiger partial charge >= 0.3 is 0 Å². The van der Waals surface area contributed by atoms with Gasteiger partial charge in [-0.2, -0.15) is 15.3 Å². The Morgan fingerprint density at radius 2 is 1.23 bits per heavy atom. The van der Waals surface area contributed by atoms with Gasteiger partial charge in [0.05, 0.1) is 35.2 Å². The van der Waals surface area contributed by atoms with E-state index in [1.807, 2.05) is 76.2 Å². The lowest BCUT2D eigenvalue weighted by atomic mass is 10.1. The summed E-state index contributed by atoms with van der Waals surface area (Å²) in [5, 5.41) is 14.1. The third-order valence-electron chi connectivity index (χ3n) is 5.41. The third-order valence-corrected chi connectivity index (χ3v) is 5.41. The first-order chi connectivity index (χ1) is 15.9. The highest BCUT2D eigenvalue weighted by Crippen LogP contribution is 2.20. The van der Waals surface area contributed by atoms with Gasteiger partial charge < -0.3 is 4.98 Å². The fourth-order valence-electron chi connectivity index (χ4n) is 3.63. The van der Waals surface area contributed by atoms with Gasteiger partial charge in [0.25, 0.3) is 11.1 Å². The zero-order valence-electron chi connectivity index (χ0n) is 22.8. The molecule has 190 valence electrons. The second-order valence-electron chi connectivity index (χ2n) is 12.1. The maximum Gasteiger partial charge on any atom is 0.293 e. The molecule has 0 aliphatic carbocycles. The summed E-state index contributed by atoms with van der Waals surface area (Å²) < 4.78 is 5.08. The molecule has 4 aromatic heterocycles. The second-order valence-corrected chi connectivity index (χ2v) is 12.1. The molecule has 4 rings (SSSR count). The number of nitrogens with one attached hydrogen (secondary N) is 1. The van der Waals surface area contributed by atoms with Crippen molar-refractivity contribution in [2.45, 2.75) is 98.7 Å². The van der Waals surface area contributed by atoms with E-state index in [0.717, 1.165) is 5.39 Å². The maximum atomic E-state index is 12.5. The van der Waals surface area contributed by atoms with Crippen LogP contribution in [0.25, 0.3) is 21.9 Å². The van der Waals surface area contributed by atoms with Gasteiger partial charge in [0.2, 0.25) is 0 Å². The van der Waals surface area contributed by atoms with Crippen LogP contribution in [0.1, 0.15) is 87.9 Å². The first-order valence-corrected chi connectivity index (χ1v) is 11.9. The van der Waals surface area contributed by atoms with Crippen LogP contribution in [0, 0.1) is 0 Å². The van der Waals surface area contributed by atoms with Crippen LogP contribution in [0.4, 0.5) is 0 Å². The smallest absolute Gasteiger partial charge is 0.293 e. The normalized spacial score (nSPS) is 12.9. The van der Waals surface area contributed by atoms with E-state index >= 15 is 0 Å². The van der Waals surface area contributed by atoms with Crippen LogP contribution in [0.15, 0.2) is 28.2 Å². The summed E-state index contributed by atoms with van der Waals surface area (Å²) in [4.78, 5) is 31.7. The molecular formula is C25H38N8O2. The van der Waals surface area contributed by atoms with Gasteiger partial charge in [-0.1, -0.05) is 13.8 Å². The van der Waals surface area contributed by atoms with Crippen LogP contribution in [0.2, 0.25) is 0 Å². The minimum absolute atomic E-state index is 0.0903. The average Bonchev–Trinajstić information content (AvgIpc) is 3.32. The van der Waals surface area contributed by atoms with Gasteiger partial charge in [-0.05, 0) is 62.3 Å². The lowest BCUT2D eigenvalue weighted by molar-refractivity contribution is 0.333. The van der Waals surface area contributed by atoms with Crippen molar-refractivity contribution in [1.82, 2.24) is 39.3 Å². The zero-order valence-corrected chi connectivity index (χ0v) is 22.8. The Balaban J connectivity index is 0.000000196.